The van der Waals surface area contributed by atoms with E-state index in [0.29, 0.717) is 19.6 Å². The number of alkyl carbamates (subject to hydrolysis) is 1. The Morgan fingerprint density at radius 3 is 2.68 bits per heavy atom. The summed E-state index contributed by atoms with van der Waals surface area (Å²) in [4.78, 5) is 24.0. The lowest BCUT2D eigenvalue weighted by molar-refractivity contribution is 0.0523. The van der Waals surface area contributed by atoms with Crippen molar-refractivity contribution in [1.82, 2.24) is 15.5 Å². The molecule has 0 aromatic rings. The summed E-state index contributed by atoms with van der Waals surface area (Å²) < 4.78 is 5.12. The van der Waals surface area contributed by atoms with Crippen LogP contribution in [0.3, 0.4) is 0 Å². The highest BCUT2D eigenvalue weighted by atomic mass is 16.6. The monoisotopic (exact) mass is 273 g/mol. The van der Waals surface area contributed by atoms with Crippen molar-refractivity contribution in [3.05, 3.63) is 0 Å². The first kappa shape index (κ1) is 15.6. The molecule has 0 aromatic heterocycles. The molecule has 0 unspecified atom stereocenters. The van der Waals surface area contributed by atoms with Gasteiger partial charge in [-0.05, 0) is 27.2 Å². The second kappa shape index (κ2) is 6.60. The summed E-state index contributed by atoms with van der Waals surface area (Å²) in [7, 11) is 0. The van der Waals surface area contributed by atoms with Gasteiger partial charge in [0.1, 0.15) is 5.60 Å². The van der Waals surface area contributed by atoms with Crippen LogP contribution in [0.4, 0.5) is 9.59 Å². The van der Waals surface area contributed by atoms with Crippen LogP contribution in [0.2, 0.25) is 0 Å². The molecule has 1 heterocycles. The van der Waals surface area contributed by atoms with E-state index < -0.39 is 17.8 Å². The first-order valence-corrected chi connectivity index (χ1v) is 6.45. The van der Waals surface area contributed by atoms with Crippen LogP contribution in [0.25, 0.3) is 0 Å². The van der Waals surface area contributed by atoms with E-state index in [0.717, 1.165) is 13.0 Å². The fourth-order valence-corrected chi connectivity index (χ4v) is 1.96. The van der Waals surface area contributed by atoms with Crippen molar-refractivity contribution in [2.45, 2.75) is 38.8 Å². The van der Waals surface area contributed by atoms with Gasteiger partial charge in [-0.25, -0.2) is 9.59 Å². The molecule has 1 rings (SSSR count). The third-order valence-electron chi connectivity index (χ3n) is 2.70. The van der Waals surface area contributed by atoms with Crippen LogP contribution in [0.1, 0.15) is 27.2 Å². The molecule has 1 aliphatic heterocycles. The fraction of sp³-hybridized carbons (Fsp3) is 0.833. The van der Waals surface area contributed by atoms with Crippen LogP contribution in [-0.2, 0) is 4.74 Å². The van der Waals surface area contributed by atoms with Crippen LogP contribution >= 0.6 is 0 Å². The number of likely N-dealkylation sites (tertiary alicyclic amines) is 1. The molecule has 1 atom stereocenters. The van der Waals surface area contributed by atoms with Crippen molar-refractivity contribution in [3.8, 4) is 0 Å². The van der Waals surface area contributed by atoms with Crippen LogP contribution in [0.5, 0.6) is 0 Å². The molecular formula is C12H23N3O4. The summed E-state index contributed by atoms with van der Waals surface area (Å²) in [5, 5.41) is 13.8. The molecule has 0 radical (unpaired) electrons. The Balaban J connectivity index is 2.14. The lowest BCUT2D eigenvalue weighted by atomic mass is 10.2. The highest BCUT2D eigenvalue weighted by molar-refractivity contribution is 5.67. The van der Waals surface area contributed by atoms with E-state index in [2.05, 4.69) is 15.5 Å². The number of hydrogen-bond acceptors (Lipinski definition) is 4. The number of carboxylic acid groups (broad SMARTS) is 1. The molecule has 7 heteroatoms. The molecule has 0 bridgehead atoms. The highest BCUT2D eigenvalue weighted by Crippen LogP contribution is 2.08. The molecule has 2 amide bonds. The van der Waals surface area contributed by atoms with Crippen molar-refractivity contribution in [1.29, 1.82) is 0 Å². The number of hydrogen-bond donors (Lipinski definition) is 3. The Morgan fingerprint density at radius 1 is 1.42 bits per heavy atom. The number of carbonyl (C=O) groups excluding carboxylic acids is 1. The van der Waals surface area contributed by atoms with E-state index in [9.17, 15) is 9.59 Å². The van der Waals surface area contributed by atoms with Gasteiger partial charge >= 0.3 is 12.2 Å². The summed E-state index contributed by atoms with van der Waals surface area (Å²) in [5.74, 6) is 0. The number of amides is 2. The quantitative estimate of drug-likeness (QED) is 0.706. The topological polar surface area (TPSA) is 90.9 Å². The van der Waals surface area contributed by atoms with E-state index in [1.807, 2.05) is 20.8 Å². The summed E-state index contributed by atoms with van der Waals surface area (Å²) >= 11 is 0. The zero-order valence-corrected chi connectivity index (χ0v) is 11.7. The number of ether oxygens (including phenoxy) is 1. The molecule has 0 spiro atoms. The first-order valence-electron chi connectivity index (χ1n) is 6.45. The maximum absolute atomic E-state index is 11.4. The maximum Gasteiger partial charge on any atom is 0.407 e. The van der Waals surface area contributed by atoms with Crippen LogP contribution < -0.4 is 10.6 Å². The van der Waals surface area contributed by atoms with E-state index in [1.54, 1.807) is 0 Å². The van der Waals surface area contributed by atoms with Gasteiger partial charge in [0.15, 0.2) is 0 Å². The molecule has 1 saturated heterocycles. The Morgan fingerprint density at radius 2 is 2.11 bits per heavy atom. The number of carbonyl (C=O) groups is 2. The second-order valence-corrected chi connectivity index (χ2v) is 5.66. The van der Waals surface area contributed by atoms with E-state index in [4.69, 9.17) is 9.84 Å². The molecule has 19 heavy (non-hydrogen) atoms. The largest absolute Gasteiger partial charge is 0.465 e. The average Bonchev–Trinajstić information content (AvgIpc) is 2.61. The SMILES string of the molecule is CC(C)(C)OC(=O)NCCN1CC[C@H](NC(=O)O)C1. The lowest BCUT2D eigenvalue weighted by Crippen LogP contribution is -2.39. The van der Waals surface area contributed by atoms with Gasteiger partial charge in [-0.3, -0.25) is 4.90 Å². The van der Waals surface area contributed by atoms with Gasteiger partial charge in [0, 0.05) is 32.2 Å². The summed E-state index contributed by atoms with van der Waals surface area (Å²) in [6, 6.07) is -0.0148. The van der Waals surface area contributed by atoms with Crippen LogP contribution in [-0.4, -0.2) is 60.0 Å². The summed E-state index contributed by atoms with van der Waals surface area (Å²) in [6.45, 7) is 8.15. The van der Waals surface area contributed by atoms with Gasteiger partial charge < -0.3 is 20.5 Å². The van der Waals surface area contributed by atoms with Gasteiger partial charge in [0.25, 0.3) is 0 Å². The lowest BCUT2D eigenvalue weighted by Gasteiger charge is -2.21. The minimum Gasteiger partial charge on any atom is -0.465 e. The number of rotatable bonds is 4. The third-order valence-corrected chi connectivity index (χ3v) is 2.70. The van der Waals surface area contributed by atoms with E-state index in [1.165, 1.54) is 0 Å². The van der Waals surface area contributed by atoms with Gasteiger partial charge in [-0.2, -0.15) is 0 Å². The Bertz CT molecular complexity index is 327. The summed E-state index contributed by atoms with van der Waals surface area (Å²) in [6.07, 6.45) is -0.607. The predicted octanol–water partition coefficient (Wildman–Crippen LogP) is 0.853. The molecule has 0 aromatic carbocycles. The zero-order chi connectivity index (χ0) is 14.5. The van der Waals surface area contributed by atoms with E-state index >= 15 is 0 Å². The number of nitrogens with zero attached hydrogens (tertiary/aromatic N) is 1. The maximum atomic E-state index is 11.4. The van der Waals surface area contributed by atoms with Crippen molar-refractivity contribution in [3.63, 3.8) is 0 Å². The summed E-state index contributed by atoms with van der Waals surface area (Å²) in [5.41, 5.74) is -0.492. The number of nitrogens with one attached hydrogen (secondary N) is 2. The fourth-order valence-electron chi connectivity index (χ4n) is 1.96. The molecule has 1 aliphatic rings. The molecular weight excluding hydrogens is 250 g/mol. The molecule has 0 aliphatic carbocycles. The molecule has 0 saturated carbocycles. The van der Waals surface area contributed by atoms with Crippen LogP contribution in [0.15, 0.2) is 0 Å². The molecule has 1 fully saturated rings. The van der Waals surface area contributed by atoms with Gasteiger partial charge in [-0.1, -0.05) is 0 Å². The van der Waals surface area contributed by atoms with Crippen LogP contribution in [0, 0.1) is 0 Å². The Hall–Kier alpha value is -1.50. The Kier molecular flexibility index (Phi) is 5.41. The van der Waals surface area contributed by atoms with Crippen molar-refractivity contribution in [2.24, 2.45) is 0 Å². The van der Waals surface area contributed by atoms with Crippen molar-refractivity contribution < 1.29 is 19.4 Å². The third kappa shape index (κ3) is 6.85. The minimum absolute atomic E-state index is 0.0148. The average molecular weight is 273 g/mol. The first-order chi connectivity index (χ1) is 8.76. The van der Waals surface area contributed by atoms with Gasteiger partial charge in [0.2, 0.25) is 0 Å². The van der Waals surface area contributed by atoms with Gasteiger partial charge in [0.05, 0.1) is 0 Å². The predicted molar refractivity (Wildman–Crippen MR) is 70.2 cm³/mol. The minimum atomic E-state index is -0.987. The Labute approximate surface area is 113 Å². The normalized spacial score (nSPS) is 20.1. The molecule has 110 valence electrons. The molecule has 3 N–H and O–H groups in total. The van der Waals surface area contributed by atoms with Gasteiger partial charge in [-0.15, -0.1) is 0 Å². The smallest absolute Gasteiger partial charge is 0.407 e. The standard InChI is InChI=1S/C12H23N3O4/c1-12(2,3)19-11(18)13-5-7-15-6-4-9(8-15)14-10(16)17/h9,14H,4-8H2,1-3H3,(H,13,18)(H,16,17)/t9-/m0/s1. The molecule has 7 nitrogen and oxygen atoms in total. The second-order valence-electron chi connectivity index (χ2n) is 5.66. The zero-order valence-electron chi connectivity index (χ0n) is 11.7. The van der Waals surface area contributed by atoms with Crippen molar-refractivity contribution in [2.75, 3.05) is 26.2 Å². The van der Waals surface area contributed by atoms with E-state index in [-0.39, 0.29) is 6.04 Å². The van der Waals surface area contributed by atoms with Crippen molar-refractivity contribution >= 4 is 12.2 Å². The highest BCUT2D eigenvalue weighted by Gasteiger charge is 2.23.